The zero-order valence-corrected chi connectivity index (χ0v) is 14.1. The Morgan fingerprint density at radius 1 is 1.33 bits per heavy atom. The van der Waals surface area contributed by atoms with Gasteiger partial charge in [-0.3, -0.25) is 4.79 Å². The fourth-order valence-electron chi connectivity index (χ4n) is 2.17. The second-order valence-corrected chi connectivity index (χ2v) is 5.69. The van der Waals surface area contributed by atoms with E-state index < -0.39 is 0 Å². The van der Waals surface area contributed by atoms with Gasteiger partial charge in [0.05, 0.1) is 12.1 Å². The molecule has 0 N–H and O–H groups in total. The van der Waals surface area contributed by atoms with Gasteiger partial charge in [0.15, 0.2) is 0 Å². The molecule has 0 saturated carbocycles. The third kappa shape index (κ3) is 3.73. The molecular weight excluding hydrogens is 332 g/mol. The highest BCUT2D eigenvalue weighted by Crippen LogP contribution is 2.24. The minimum absolute atomic E-state index is 0.0807. The third-order valence-electron chi connectivity index (χ3n) is 3.40. The second kappa shape index (κ2) is 6.89. The Bertz CT molecular complexity index is 633. The Labute approximate surface area is 133 Å². The van der Waals surface area contributed by atoms with E-state index in [2.05, 4.69) is 20.9 Å². The number of likely N-dealkylation sites (N-methyl/N-ethyl adjacent to an activating group) is 1. The SMILES string of the molecule is CCN(CC)C(=O)Cc1nc(-c2cccc(Br)c2)oc1C. The largest absolute Gasteiger partial charge is 0.441 e. The molecule has 0 bridgehead atoms. The summed E-state index contributed by atoms with van der Waals surface area (Å²) in [6.07, 6.45) is 0.283. The summed E-state index contributed by atoms with van der Waals surface area (Å²) in [6.45, 7) is 7.22. The molecule has 1 amide bonds. The van der Waals surface area contributed by atoms with E-state index in [9.17, 15) is 4.79 Å². The van der Waals surface area contributed by atoms with Gasteiger partial charge in [-0.05, 0) is 39.0 Å². The van der Waals surface area contributed by atoms with E-state index in [4.69, 9.17) is 4.42 Å². The molecule has 0 radical (unpaired) electrons. The zero-order valence-electron chi connectivity index (χ0n) is 12.5. The van der Waals surface area contributed by atoms with Crippen LogP contribution in [0.5, 0.6) is 0 Å². The Kier molecular flexibility index (Phi) is 5.17. The number of benzene rings is 1. The van der Waals surface area contributed by atoms with Gasteiger partial charge < -0.3 is 9.32 Å². The molecule has 2 rings (SSSR count). The minimum Gasteiger partial charge on any atom is -0.441 e. The van der Waals surface area contributed by atoms with Gasteiger partial charge in [-0.25, -0.2) is 4.98 Å². The molecule has 1 heterocycles. The molecule has 5 heteroatoms. The van der Waals surface area contributed by atoms with Gasteiger partial charge in [0.1, 0.15) is 5.76 Å². The number of amides is 1. The van der Waals surface area contributed by atoms with Crippen molar-refractivity contribution in [1.29, 1.82) is 0 Å². The van der Waals surface area contributed by atoms with Crippen LogP contribution in [0.15, 0.2) is 33.2 Å². The monoisotopic (exact) mass is 350 g/mol. The highest BCUT2D eigenvalue weighted by atomic mass is 79.9. The fraction of sp³-hybridized carbons (Fsp3) is 0.375. The molecule has 0 saturated heterocycles. The van der Waals surface area contributed by atoms with Crippen LogP contribution in [0.1, 0.15) is 25.3 Å². The summed E-state index contributed by atoms with van der Waals surface area (Å²) in [6, 6.07) is 7.76. The van der Waals surface area contributed by atoms with E-state index in [1.165, 1.54) is 0 Å². The molecule has 0 aliphatic carbocycles. The number of rotatable bonds is 5. The van der Waals surface area contributed by atoms with Crippen LogP contribution in [0.2, 0.25) is 0 Å². The van der Waals surface area contributed by atoms with Crippen molar-refractivity contribution in [2.75, 3.05) is 13.1 Å². The topological polar surface area (TPSA) is 46.3 Å². The number of hydrogen-bond donors (Lipinski definition) is 0. The first-order chi connectivity index (χ1) is 10.0. The lowest BCUT2D eigenvalue weighted by Crippen LogP contribution is -2.32. The van der Waals surface area contributed by atoms with E-state index in [-0.39, 0.29) is 12.3 Å². The van der Waals surface area contributed by atoms with E-state index in [1.807, 2.05) is 45.0 Å². The molecule has 0 unspecified atom stereocenters. The van der Waals surface area contributed by atoms with Gasteiger partial charge in [-0.2, -0.15) is 0 Å². The summed E-state index contributed by atoms with van der Waals surface area (Å²) < 4.78 is 6.67. The van der Waals surface area contributed by atoms with E-state index >= 15 is 0 Å². The van der Waals surface area contributed by atoms with Crippen LogP contribution in [-0.4, -0.2) is 28.9 Å². The fourth-order valence-corrected chi connectivity index (χ4v) is 2.57. The third-order valence-corrected chi connectivity index (χ3v) is 3.89. The predicted octanol–water partition coefficient (Wildman–Crippen LogP) is 3.82. The highest BCUT2D eigenvalue weighted by Gasteiger charge is 2.17. The maximum Gasteiger partial charge on any atom is 0.228 e. The van der Waals surface area contributed by atoms with Crippen LogP contribution in [0, 0.1) is 6.92 Å². The van der Waals surface area contributed by atoms with Crippen molar-refractivity contribution < 1.29 is 9.21 Å². The maximum absolute atomic E-state index is 12.2. The highest BCUT2D eigenvalue weighted by molar-refractivity contribution is 9.10. The molecular formula is C16H19BrN2O2. The number of halogens is 1. The zero-order chi connectivity index (χ0) is 15.4. The van der Waals surface area contributed by atoms with Crippen LogP contribution >= 0.6 is 15.9 Å². The summed E-state index contributed by atoms with van der Waals surface area (Å²) in [5, 5.41) is 0. The van der Waals surface area contributed by atoms with E-state index in [0.717, 1.165) is 10.0 Å². The van der Waals surface area contributed by atoms with Gasteiger partial charge in [-0.1, -0.05) is 22.0 Å². The average Bonchev–Trinajstić information content (AvgIpc) is 2.81. The average molecular weight is 351 g/mol. The Hall–Kier alpha value is -1.62. The predicted molar refractivity (Wildman–Crippen MR) is 86.0 cm³/mol. The Morgan fingerprint density at radius 3 is 2.67 bits per heavy atom. The van der Waals surface area contributed by atoms with Gasteiger partial charge in [-0.15, -0.1) is 0 Å². The van der Waals surface area contributed by atoms with Gasteiger partial charge >= 0.3 is 0 Å². The van der Waals surface area contributed by atoms with Gasteiger partial charge in [0, 0.05) is 23.1 Å². The summed E-state index contributed by atoms with van der Waals surface area (Å²) in [4.78, 5) is 18.4. The van der Waals surface area contributed by atoms with Crippen molar-refractivity contribution in [3.05, 3.63) is 40.2 Å². The van der Waals surface area contributed by atoms with Crippen LogP contribution in [-0.2, 0) is 11.2 Å². The summed E-state index contributed by atoms with van der Waals surface area (Å²) in [7, 11) is 0. The molecule has 0 aliphatic rings. The standard InChI is InChI=1S/C16H19BrN2O2/c1-4-19(5-2)15(20)10-14-11(3)21-16(18-14)12-7-6-8-13(17)9-12/h6-9H,4-5,10H2,1-3H3. The van der Waals surface area contributed by atoms with Crippen LogP contribution < -0.4 is 0 Å². The minimum atomic E-state index is 0.0807. The lowest BCUT2D eigenvalue weighted by molar-refractivity contribution is -0.130. The van der Waals surface area contributed by atoms with Crippen molar-refractivity contribution in [2.24, 2.45) is 0 Å². The number of nitrogens with zero attached hydrogens (tertiary/aromatic N) is 2. The number of carbonyl (C=O) groups is 1. The van der Waals surface area contributed by atoms with Crippen molar-refractivity contribution >= 4 is 21.8 Å². The van der Waals surface area contributed by atoms with Crippen LogP contribution in [0.3, 0.4) is 0 Å². The van der Waals surface area contributed by atoms with Crippen molar-refractivity contribution in [1.82, 2.24) is 9.88 Å². The number of aryl methyl sites for hydroxylation is 1. The van der Waals surface area contributed by atoms with Crippen molar-refractivity contribution in [3.8, 4) is 11.5 Å². The second-order valence-electron chi connectivity index (χ2n) is 4.78. The molecule has 1 aromatic heterocycles. The number of aromatic nitrogens is 1. The van der Waals surface area contributed by atoms with Crippen molar-refractivity contribution in [2.45, 2.75) is 27.2 Å². The first-order valence-corrected chi connectivity index (χ1v) is 7.84. The van der Waals surface area contributed by atoms with Crippen LogP contribution in [0.25, 0.3) is 11.5 Å². The van der Waals surface area contributed by atoms with E-state index in [1.54, 1.807) is 4.90 Å². The van der Waals surface area contributed by atoms with Gasteiger partial charge in [0.2, 0.25) is 11.8 Å². The molecule has 4 nitrogen and oxygen atoms in total. The molecule has 0 spiro atoms. The van der Waals surface area contributed by atoms with Crippen LogP contribution in [0.4, 0.5) is 0 Å². The Morgan fingerprint density at radius 2 is 2.05 bits per heavy atom. The van der Waals surface area contributed by atoms with Gasteiger partial charge in [0.25, 0.3) is 0 Å². The lowest BCUT2D eigenvalue weighted by Gasteiger charge is -2.17. The molecule has 1 aromatic carbocycles. The Balaban J connectivity index is 2.22. The summed E-state index contributed by atoms with van der Waals surface area (Å²) in [5.41, 5.74) is 1.61. The van der Waals surface area contributed by atoms with E-state index in [0.29, 0.717) is 30.4 Å². The number of carbonyl (C=O) groups excluding carboxylic acids is 1. The molecule has 0 fully saturated rings. The first kappa shape index (κ1) is 15.8. The lowest BCUT2D eigenvalue weighted by atomic mass is 10.2. The summed E-state index contributed by atoms with van der Waals surface area (Å²) >= 11 is 3.43. The quantitative estimate of drug-likeness (QED) is 0.823. The molecule has 2 aromatic rings. The number of hydrogen-bond acceptors (Lipinski definition) is 3. The maximum atomic E-state index is 12.2. The first-order valence-electron chi connectivity index (χ1n) is 7.05. The van der Waals surface area contributed by atoms with Crippen molar-refractivity contribution in [3.63, 3.8) is 0 Å². The normalized spacial score (nSPS) is 10.7. The molecule has 112 valence electrons. The molecule has 21 heavy (non-hydrogen) atoms. The molecule has 0 aliphatic heterocycles. The summed E-state index contributed by atoms with van der Waals surface area (Å²) in [5.74, 6) is 1.33. The smallest absolute Gasteiger partial charge is 0.228 e. The molecule has 0 atom stereocenters. The number of oxazole rings is 1.